The van der Waals surface area contributed by atoms with Crippen LogP contribution in [0.15, 0.2) is 37.2 Å². The van der Waals surface area contributed by atoms with E-state index in [1.54, 1.807) is 37.2 Å². The number of aromatic nitrogens is 4. The fourth-order valence-electron chi connectivity index (χ4n) is 0.863. The Labute approximate surface area is 140 Å². The predicted octanol–water partition coefficient (Wildman–Crippen LogP) is 4.31. The van der Waals surface area contributed by atoms with E-state index < -0.39 is 7.81 Å². The summed E-state index contributed by atoms with van der Waals surface area (Å²) in [6.45, 7) is 0. The van der Waals surface area contributed by atoms with Crippen molar-refractivity contribution in [1.29, 1.82) is 0 Å². The molecule has 0 atom stereocenters. The summed E-state index contributed by atoms with van der Waals surface area (Å²) in [6.07, 6.45) is 9.82. The maximum absolute atomic E-state index is 10.7. The molecule has 0 N–H and O–H groups in total. The van der Waals surface area contributed by atoms with E-state index in [4.69, 9.17) is 0 Å². The van der Waals surface area contributed by atoms with Gasteiger partial charge in [0.1, 0.15) is 11.4 Å². The molecule has 0 aliphatic carbocycles. The molecule has 13 heteroatoms. The first kappa shape index (κ1) is 22.7. The van der Waals surface area contributed by atoms with Gasteiger partial charge in [-0.05, 0) is 0 Å². The van der Waals surface area contributed by atoms with E-state index >= 15 is 0 Å². The summed E-state index contributed by atoms with van der Waals surface area (Å²) < 4.78 is 59.2. The molecule has 0 spiro atoms. The summed E-state index contributed by atoms with van der Waals surface area (Å²) in [7, 11) is -10.7. The van der Waals surface area contributed by atoms with Gasteiger partial charge in [-0.25, -0.2) is 0 Å². The Balaban J connectivity index is 0. The molecule has 0 bridgehead atoms. The molecule has 0 aromatic carbocycles. The van der Waals surface area contributed by atoms with Crippen molar-refractivity contribution in [2.45, 2.75) is 0 Å². The van der Waals surface area contributed by atoms with Crippen LogP contribution in [0.5, 0.6) is 0 Å². The first-order valence-corrected chi connectivity index (χ1v) is 6.53. The molecule has 0 unspecified atom stereocenters. The van der Waals surface area contributed by atoms with Crippen LogP contribution in [0.25, 0.3) is 11.4 Å². The topological polar surface area (TPSA) is 51.6 Å². The van der Waals surface area contributed by atoms with Crippen LogP contribution in [-0.2, 0) is 39.0 Å². The van der Waals surface area contributed by atoms with Crippen molar-refractivity contribution in [3.8, 4) is 11.4 Å². The van der Waals surface area contributed by atoms with Crippen LogP contribution >= 0.6 is 7.81 Å². The molecule has 122 valence electrons. The van der Waals surface area contributed by atoms with Crippen molar-refractivity contribution in [3.63, 3.8) is 0 Å². The zero-order valence-corrected chi connectivity index (χ0v) is 14.0. The summed E-state index contributed by atoms with van der Waals surface area (Å²) in [5.41, 5.74) is 1.48. The van der Waals surface area contributed by atoms with Gasteiger partial charge in [0.15, 0.2) is 0 Å². The van der Waals surface area contributed by atoms with Gasteiger partial charge in [0.05, 0.1) is 12.4 Å². The van der Waals surface area contributed by atoms with Gasteiger partial charge in [-0.2, -0.15) is 0 Å². The molecule has 0 saturated carbocycles. The van der Waals surface area contributed by atoms with Crippen LogP contribution in [0.3, 0.4) is 0 Å². The van der Waals surface area contributed by atoms with Crippen molar-refractivity contribution in [1.82, 2.24) is 19.9 Å². The SMILES string of the molecule is F[P-](F)(F)(F)(F)F.[Ru].[Ru].c1cnc(-c2cnccn2)cn1. The monoisotopic (exact) mass is 507 g/mol. The van der Waals surface area contributed by atoms with Gasteiger partial charge < -0.3 is 0 Å². The van der Waals surface area contributed by atoms with Crippen molar-refractivity contribution in [3.05, 3.63) is 37.2 Å². The van der Waals surface area contributed by atoms with E-state index in [9.17, 15) is 25.2 Å². The molecule has 0 fully saturated rings. The molecule has 0 aliphatic heterocycles. The van der Waals surface area contributed by atoms with Gasteiger partial charge >= 0.3 is 33.0 Å². The molecule has 0 amide bonds. The molecule has 2 aromatic heterocycles. The Morgan fingerprint density at radius 2 is 0.905 bits per heavy atom. The molecule has 2 aromatic rings. The normalized spacial score (nSPS) is 13.2. The Morgan fingerprint density at radius 3 is 1.10 bits per heavy atom. The maximum atomic E-state index is 9.87. The van der Waals surface area contributed by atoms with Crippen molar-refractivity contribution >= 4 is 7.81 Å². The summed E-state index contributed by atoms with van der Waals surface area (Å²) in [6, 6.07) is 0. The maximum Gasteiger partial charge on any atom is 0.108 e. The zero-order valence-electron chi connectivity index (χ0n) is 9.68. The number of halogens is 6. The van der Waals surface area contributed by atoms with Gasteiger partial charge in [0.25, 0.3) is 0 Å². The minimum Gasteiger partial charge on any atom is -0.261 e. The van der Waals surface area contributed by atoms with Crippen molar-refractivity contribution in [2.24, 2.45) is 0 Å². The predicted molar refractivity (Wildman–Crippen MR) is 56.6 cm³/mol. The molecule has 0 aliphatic rings. The first-order valence-electron chi connectivity index (χ1n) is 4.50. The van der Waals surface area contributed by atoms with Crippen LogP contribution in [0.2, 0.25) is 0 Å². The van der Waals surface area contributed by atoms with E-state index in [0.717, 1.165) is 11.4 Å². The smallest absolute Gasteiger partial charge is 0.108 e. The summed E-state index contributed by atoms with van der Waals surface area (Å²) in [5, 5.41) is 0. The Kier molecular flexibility index (Phi) is 7.69. The molecular weight excluding hydrogens is 499 g/mol. The van der Waals surface area contributed by atoms with E-state index in [1.165, 1.54) is 0 Å². The summed E-state index contributed by atoms with van der Waals surface area (Å²) >= 11 is 0. The Morgan fingerprint density at radius 1 is 0.619 bits per heavy atom. The van der Waals surface area contributed by atoms with Crippen molar-refractivity contribution in [2.75, 3.05) is 0 Å². The van der Waals surface area contributed by atoms with E-state index in [0.29, 0.717) is 0 Å². The average Bonchev–Trinajstić information content (AvgIpc) is 2.27. The molecule has 21 heavy (non-hydrogen) atoms. The summed E-state index contributed by atoms with van der Waals surface area (Å²) in [4.78, 5) is 16.0. The van der Waals surface area contributed by atoms with E-state index in [-0.39, 0.29) is 39.0 Å². The zero-order chi connectivity index (χ0) is 14.6. The third-order valence-corrected chi connectivity index (χ3v) is 1.39. The van der Waals surface area contributed by atoms with E-state index in [2.05, 4.69) is 19.9 Å². The van der Waals surface area contributed by atoms with Crippen LogP contribution in [-0.4, -0.2) is 19.9 Å². The third-order valence-electron chi connectivity index (χ3n) is 1.39. The quantitative estimate of drug-likeness (QED) is 0.330. The van der Waals surface area contributed by atoms with Gasteiger partial charge in [-0.1, -0.05) is 0 Å². The fraction of sp³-hybridized carbons (Fsp3) is 0. The summed E-state index contributed by atoms with van der Waals surface area (Å²) in [5.74, 6) is 0. The molecule has 0 saturated heterocycles. The second-order valence-corrected chi connectivity index (χ2v) is 5.06. The second kappa shape index (κ2) is 7.12. The fourth-order valence-corrected chi connectivity index (χ4v) is 0.863. The van der Waals surface area contributed by atoms with Gasteiger partial charge in [0.2, 0.25) is 0 Å². The molecule has 4 nitrogen and oxygen atoms in total. The van der Waals surface area contributed by atoms with Gasteiger partial charge in [-0.3, -0.25) is 19.9 Å². The minimum atomic E-state index is -10.7. The number of hydrogen-bond donors (Lipinski definition) is 0. The van der Waals surface area contributed by atoms with E-state index in [1.807, 2.05) is 0 Å². The molecule has 0 radical (unpaired) electrons. The largest absolute Gasteiger partial charge is 0.261 e. The molecule has 2 rings (SSSR count). The molecule has 2 heterocycles. The van der Waals surface area contributed by atoms with Gasteiger partial charge in [-0.15, -0.1) is 0 Å². The first-order chi connectivity index (χ1) is 8.42. The van der Waals surface area contributed by atoms with Crippen molar-refractivity contribution < 1.29 is 64.1 Å². The second-order valence-electron chi connectivity index (χ2n) is 3.14. The van der Waals surface area contributed by atoms with Crippen LogP contribution in [0.4, 0.5) is 25.2 Å². The average molecular weight is 505 g/mol. The van der Waals surface area contributed by atoms with Crippen LogP contribution < -0.4 is 0 Å². The Bertz CT molecular complexity index is 489. The number of nitrogens with zero attached hydrogens (tertiary/aromatic N) is 4. The minimum absolute atomic E-state index is 0. The third kappa shape index (κ3) is 15.6. The Hall–Kier alpha value is -0.583. The van der Waals surface area contributed by atoms with Crippen LogP contribution in [0.1, 0.15) is 0 Å². The standard InChI is InChI=1S/C8H6N4.F6P.2Ru/c1-3-11-7(5-9-1)8-6-10-2-4-12-8;1-7(2,3,4,5)6;;/h1-6H;;;/q;-1;;. The van der Waals surface area contributed by atoms with Gasteiger partial charge in [0, 0.05) is 63.7 Å². The number of hydrogen-bond acceptors (Lipinski definition) is 4. The van der Waals surface area contributed by atoms with Crippen LogP contribution in [0, 0.1) is 0 Å². The molecular formula is C8H6F6N4PRu2-. The number of rotatable bonds is 1.